The lowest BCUT2D eigenvalue weighted by atomic mass is 9.99. The van der Waals surface area contributed by atoms with Crippen LogP contribution in [-0.2, 0) is 4.74 Å². The van der Waals surface area contributed by atoms with E-state index in [1.54, 1.807) is 0 Å². The summed E-state index contributed by atoms with van der Waals surface area (Å²) >= 11 is 0. The number of nitrogens with one attached hydrogen (secondary N) is 1. The number of nitrogens with zero attached hydrogens (tertiary/aromatic N) is 3. The van der Waals surface area contributed by atoms with Gasteiger partial charge in [-0.25, -0.2) is 0 Å². The molecule has 1 N–H and O–H groups in total. The van der Waals surface area contributed by atoms with Gasteiger partial charge in [-0.1, -0.05) is 13.8 Å². The number of guanidine groups is 1. The fourth-order valence-electron chi connectivity index (χ4n) is 3.11. The second-order valence-electron chi connectivity index (χ2n) is 6.62. The van der Waals surface area contributed by atoms with Crippen molar-refractivity contribution < 1.29 is 4.74 Å². The highest BCUT2D eigenvalue weighted by molar-refractivity contribution is 14.0. The fraction of sp³-hybridized carbons (Fsp3) is 0.938. The maximum absolute atomic E-state index is 5.40. The zero-order valence-electron chi connectivity index (χ0n) is 14.4. The summed E-state index contributed by atoms with van der Waals surface area (Å²) < 4.78 is 5.40. The van der Waals surface area contributed by atoms with Gasteiger partial charge in [0.05, 0.1) is 13.2 Å². The predicted molar refractivity (Wildman–Crippen MR) is 103 cm³/mol. The van der Waals surface area contributed by atoms with E-state index in [-0.39, 0.29) is 24.0 Å². The van der Waals surface area contributed by atoms with Crippen LogP contribution in [0, 0.1) is 11.8 Å². The molecule has 0 amide bonds. The van der Waals surface area contributed by atoms with Crippen LogP contribution in [0.2, 0.25) is 0 Å². The molecular formula is C16H33IN4O. The van der Waals surface area contributed by atoms with Gasteiger partial charge in [0.1, 0.15) is 0 Å². The standard InChI is InChI=1S/C16H32N4O.HI/c1-14-4-6-20(7-5-14)16(17-3)18-12-15(2)13-19-8-10-21-11-9-19;/h14-15H,4-13H2,1-3H3,(H,17,18);1H. The summed E-state index contributed by atoms with van der Waals surface area (Å²) in [6.07, 6.45) is 2.56. The van der Waals surface area contributed by atoms with Crippen LogP contribution in [0.4, 0.5) is 0 Å². The molecule has 2 rings (SSSR count). The van der Waals surface area contributed by atoms with Crippen LogP contribution in [0.5, 0.6) is 0 Å². The summed E-state index contributed by atoms with van der Waals surface area (Å²) in [7, 11) is 1.90. The molecule has 22 heavy (non-hydrogen) atoms. The first-order valence-corrected chi connectivity index (χ1v) is 8.44. The average Bonchev–Trinajstić information content (AvgIpc) is 2.50. The van der Waals surface area contributed by atoms with Gasteiger partial charge >= 0.3 is 0 Å². The summed E-state index contributed by atoms with van der Waals surface area (Å²) in [5.41, 5.74) is 0. The highest BCUT2D eigenvalue weighted by Gasteiger charge is 2.19. The second kappa shape index (κ2) is 10.6. The summed E-state index contributed by atoms with van der Waals surface area (Å²) in [6.45, 7) is 13.0. The van der Waals surface area contributed by atoms with Gasteiger partial charge in [-0.05, 0) is 24.7 Å². The minimum atomic E-state index is 0. The van der Waals surface area contributed by atoms with Gasteiger partial charge < -0.3 is 15.0 Å². The van der Waals surface area contributed by atoms with Crippen molar-refractivity contribution in [3.05, 3.63) is 0 Å². The van der Waals surface area contributed by atoms with Gasteiger partial charge in [-0.3, -0.25) is 9.89 Å². The van der Waals surface area contributed by atoms with Gasteiger partial charge in [0.15, 0.2) is 5.96 Å². The quantitative estimate of drug-likeness (QED) is 0.425. The smallest absolute Gasteiger partial charge is 0.193 e. The number of rotatable bonds is 4. The van der Waals surface area contributed by atoms with Crippen LogP contribution >= 0.6 is 24.0 Å². The monoisotopic (exact) mass is 424 g/mol. The predicted octanol–water partition coefficient (Wildman–Crippen LogP) is 1.88. The molecule has 0 aromatic heterocycles. The maximum Gasteiger partial charge on any atom is 0.193 e. The lowest BCUT2D eigenvalue weighted by molar-refractivity contribution is 0.0320. The Balaban J connectivity index is 0.00000242. The molecule has 2 aliphatic heterocycles. The van der Waals surface area contributed by atoms with E-state index in [1.807, 2.05) is 7.05 Å². The number of piperidine rings is 1. The van der Waals surface area contributed by atoms with Crippen molar-refractivity contribution in [1.29, 1.82) is 0 Å². The molecule has 0 bridgehead atoms. The third-order valence-corrected chi connectivity index (χ3v) is 4.58. The third kappa shape index (κ3) is 6.58. The minimum Gasteiger partial charge on any atom is -0.379 e. The first-order valence-electron chi connectivity index (χ1n) is 8.44. The highest BCUT2D eigenvalue weighted by Crippen LogP contribution is 2.15. The van der Waals surface area contributed by atoms with Gasteiger partial charge in [-0.15, -0.1) is 24.0 Å². The molecule has 2 fully saturated rings. The average molecular weight is 424 g/mol. The lowest BCUT2D eigenvalue weighted by Crippen LogP contribution is -2.47. The summed E-state index contributed by atoms with van der Waals surface area (Å²) in [6, 6.07) is 0. The van der Waals surface area contributed by atoms with E-state index >= 15 is 0 Å². The van der Waals surface area contributed by atoms with E-state index in [2.05, 4.69) is 34.0 Å². The van der Waals surface area contributed by atoms with E-state index in [0.29, 0.717) is 5.92 Å². The van der Waals surface area contributed by atoms with Crippen LogP contribution in [0.15, 0.2) is 4.99 Å². The van der Waals surface area contributed by atoms with Crippen molar-refractivity contribution in [2.45, 2.75) is 26.7 Å². The number of hydrogen-bond donors (Lipinski definition) is 1. The Hall–Kier alpha value is -0.0800. The molecule has 130 valence electrons. The molecule has 6 heteroatoms. The normalized spacial score (nSPS) is 23.0. The lowest BCUT2D eigenvalue weighted by Gasteiger charge is -2.34. The van der Waals surface area contributed by atoms with E-state index in [9.17, 15) is 0 Å². The SMILES string of the molecule is CN=C(NCC(C)CN1CCOCC1)N1CCC(C)CC1.I. The maximum atomic E-state index is 5.40. The topological polar surface area (TPSA) is 40.1 Å². The van der Waals surface area contributed by atoms with Crippen LogP contribution in [-0.4, -0.2) is 75.3 Å². The number of halogens is 1. The van der Waals surface area contributed by atoms with E-state index < -0.39 is 0 Å². The first kappa shape index (κ1) is 20.0. The van der Waals surface area contributed by atoms with Gasteiger partial charge in [0, 0.05) is 46.3 Å². The number of hydrogen-bond acceptors (Lipinski definition) is 3. The third-order valence-electron chi connectivity index (χ3n) is 4.58. The molecule has 2 heterocycles. The second-order valence-corrected chi connectivity index (χ2v) is 6.62. The number of aliphatic imine (C=N–C) groups is 1. The zero-order valence-corrected chi connectivity index (χ0v) is 16.7. The Morgan fingerprint density at radius 1 is 1.23 bits per heavy atom. The fourth-order valence-corrected chi connectivity index (χ4v) is 3.11. The molecule has 1 unspecified atom stereocenters. The van der Waals surface area contributed by atoms with E-state index in [1.165, 1.54) is 12.8 Å². The number of morpholine rings is 1. The molecule has 0 spiro atoms. The van der Waals surface area contributed by atoms with Gasteiger partial charge in [-0.2, -0.15) is 0 Å². The van der Waals surface area contributed by atoms with E-state index in [0.717, 1.165) is 64.4 Å². The van der Waals surface area contributed by atoms with Crippen LogP contribution in [0.25, 0.3) is 0 Å². The van der Waals surface area contributed by atoms with Crippen molar-refractivity contribution in [2.24, 2.45) is 16.8 Å². The minimum absolute atomic E-state index is 0. The molecular weight excluding hydrogens is 391 g/mol. The highest BCUT2D eigenvalue weighted by atomic mass is 127. The number of ether oxygens (including phenoxy) is 1. The summed E-state index contributed by atoms with van der Waals surface area (Å²) in [5, 5.41) is 3.56. The molecule has 0 saturated carbocycles. The number of likely N-dealkylation sites (tertiary alicyclic amines) is 1. The Kier molecular flexibility index (Phi) is 9.66. The summed E-state index contributed by atoms with van der Waals surface area (Å²) in [5.74, 6) is 2.57. The van der Waals surface area contributed by atoms with Crippen molar-refractivity contribution in [1.82, 2.24) is 15.1 Å². The molecule has 0 aromatic carbocycles. The Labute approximate surface area is 152 Å². The van der Waals surface area contributed by atoms with Crippen LogP contribution in [0.3, 0.4) is 0 Å². The Bertz CT molecular complexity index is 326. The zero-order chi connectivity index (χ0) is 15.1. The Morgan fingerprint density at radius 2 is 1.86 bits per heavy atom. The molecule has 2 saturated heterocycles. The molecule has 0 radical (unpaired) electrons. The van der Waals surface area contributed by atoms with Crippen molar-refractivity contribution in [2.75, 3.05) is 59.5 Å². The van der Waals surface area contributed by atoms with Gasteiger partial charge in [0.2, 0.25) is 0 Å². The van der Waals surface area contributed by atoms with Crippen LogP contribution in [0.1, 0.15) is 26.7 Å². The Morgan fingerprint density at radius 3 is 2.45 bits per heavy atom. The van der Waals surface area contributed by atoms with Crippen LogP contribution < -0.4 is 5.32 Å². The molecule has 0 aromatic rings. The summed E-state index contributed by atoms with van der Waals surface area (Å²) in [4.78, 5) is 9.36. The first-order chi connectivity index (χ1) is 10.2. The molecule has 5 nitrogen and oxygen atoms in total. The van der Waals surface area contributed by atoms with E-state index in [4.69, 9.17) is 4.74 Å². The molecule has 2 aliphatic rings. The van der Waals surface area contributed by atoms with Crippen molar-refractivity contribution in [3.63, 3.8) is 0 Å². The largest absolute Gasteiger partial charge is 0.379 e. The van der Waals surface area contributed by atoms with Crippen molar-refractivity contribution in [3.8, 4) is 0 Å². The van der Waals surface area contributed by atoms with Gasteiger partial charge in [0.25, 0.3) is 0 Å². The molecule has 1 atom stereocenters. The molecule has 0 aliphatic carbocycles. The van der Waals surface area contributed by atoms with Crippen molar-refractivity contribution >= 4 is 29.9 Å².